The van der Waals surface area contributed by atoms with Crippen LogP contribution in [-0.2, 0) is 9.53 Å². The Labute approximate surface area is 196 Å². The van der Waals surface area contributed by atoms with Crippen LogP contribution in [0.15, 0.2) is 48.5 Å². The lowest BCUT2D eigenvalue weighted by Crippen LogP contribution is -2.54. The van der Waals surface area contributed by atoms with Gasteiger partial charge < -0.3 is 9.64 Å². The highest BCUT2D eigenvalue weighted by Gasteiger charge is 2.56. The topological polar surface area (TPSA) is 49.9 Å². The summed E-state index contributed by atoms with van der Waals surface area (Å²) in [6.45, 7) is 8.11. The van der Waals surface area contributed by atoms with E-state index in [4.69, 9.17) is 4.74 Å². The third kappa shape index (κ3) is 3.62. The summed E-state index contributed by atoms with van der Waals surface area (Å²) in [5.41, 5.74) is 4.12. The second-order valence-corrected chi connectivity index (χ2v) is 10.3. The number of likely N-dealkylation sites (tertiary alicyclic amines) is 2. The Morgan fingerprint density at radius 1 is 1.00 bits per heavy atom. The molecule has 0 aromatic heterocycles. The van der Waals surface area contributed by atoms with Gasteiger partial charge in [-0.25, -0.2) is 4.79 Å². The van der Waals surface area contributed by atoms with Gasteiger partial charge >= 0.3 is 6.09 Å². The first-order valence-electron chi connectivity index (χ1n) is 12.4. The maximum atomic E-state index is 13.5. The van der Waals surface area contributed by atoms with Crippen molar-refractivity contribution in [3.63, 3.8) is 0 Å². The van der Waals surface area contributed by atoms with Crippen molar-refractivity contribution in [2.45, 2.75) is 64.0 Å². The van der Waals surface area contributed by atoms with E-state index >= 15 is 0 Å². The molecule has 2 saturated heterocycles. The molecule has 1 spiro atoms. The van der Waals surface area contributed by atoms with Crippen molar-refractivity contribution in [2.24, 2.45) is 5.92 Å². The summed E-state index contributed by atoms with van der Waals surface area (Å²) in [6, 6.07) is 16.9. The van der Waals surface area contributed by atoms with E-state index < -0.39 is 5.54 Å². The fourth-order valence-electron chi connectivity index (χ4n) is 6.31. The van der Waals surface area contributed by atoms with Crippen molar-refractivity contribution in [2.75, 3.05) is 19.7 Å². The molecular weight excluding hydrogens is 412 g/mol. The van der Waals surface area contributed by atoms with Crippen LogP contribution >= 0.6 is 0 Å². The van der Waals surface area contributed by atoms with Gasteiger partial charge in [0.2, 0.25) is 5.91 Å². The molecule has 3 aliphatic rings. The number of benzene rings is 2. The van der Waals surface area contributed by atoms with E-state index in [1.54, 1.807) is 4.90 Å². The van der Waals surface area contributed by atoms with E-state index in [1.165, 1.54) is 22.3 Å². The summed E-state index contributed by atoms with van der Waals surface area (Å²) in [6.07, 6.45) is 2.93. The Kier molecular flexibility index (Phi) is 5.67. The predicted molar refractivity (Wildman–Crippen MR) is 129 cm³/mol. The largest absolute Gasteiger partial charge is 0.448 e. The molecule has 33 heavy (non-hydrogen) atoms. The smallest absolute Gasteiger partial charge is 0.410 e. The summed E-state index contributed by atoms with van der Waals surface area (Å²) in [5, 5.41) is 0. The van der Waals surface area contributed by atoms with Crippen molar-refractivity contribution < 1.29 is 14.3 Å². The number of ether oxygens (including phenoxy) is 1. The second kappa shape index (κ2) is 8.51. The lowest BCUT2D eigenvalue weighted by molar-refractivity contribution is -0.138. The molecule has 5 nitrogen and oxygen atoms in total. The lowest BCUT2D eigenvalue weighted by atomic mass is 9.94. The zero-order valence-corrected chi connectivity index (χ0v) is 19.9. The maximum absolute atomic E-state index is 13.5. The van der Waals surface area contributed by atoms with Crippen LogP contribution in [0.5, 0.6) is 0 Å². The molecular formula is C28H34N2O3. The molecule has 0 radical (unpaired) electrons. The maximum Gasteiger partial charge on any atom is 0.410 e. The molecule has 2 aromatic rings. The number of rotatable bonds is 5. The van der Waals surface area contributed by atoms with Gasteiger partial charge in [-0.3, -0.25) is 9.69 Å². The molecule has 2 heterocycles. The SMILES string of the molecule is CC(C)C[C@H](C)N1CC[C@@]2(CCCN2C(=O)OCC2c3ccccc3-c3ccccc32)C1=O. The highest BCUT2D eigenvalue weighted by atomic mass is 16.6. The molecule has 5 heteroatoms. The first-order valence-corrected chi connectivity index (χ1v) is 12.4. The minimum atomic E-state index is -0.714. The van der Waals surface area contributed by atoms with Gasteiger partial charge in [-0.15, -0.1) is 0 Å². The molecule has 1 aliphatic carbocycles. The summed E-state index contributed by atoms with van der Waals surface area (Å²) < 4.78 is 5.94. The van der Waals surface area contributed by atoms with Crippen LogP contribution in [0.1, 0.15) is 63.5 Å². The van der Waals surface area contributed by atoms with Crippen LogP contribution in [0.2, 0.25) is 0 Å². The van der Waals surface area contributed by atoms with Crippen molar-refractivity contribution in [3.05, 3.63) is 59.7 Å². The summed E-state index contributed by atoms with van der Waals surface area (Å²) in [4.78, 5) is 30.6. The minimum Gasteiger partial charge on any atom is -0.448 e. The molecule has 5 rings (SSSR count). The molecule has 0 unspecified atom stereocenters. The Hall–Kier alpha value is -2.82. The van der Waals surface area contributed by atoms with Gasteiger partial charge in [0.05, 0.1) is 0 Å². The number of carbonyl (C=O) groups excluding carboxylic acids is 2. The number of amides is 2. The van der Waals surface area contributed by atoms with Crippen LogP contribution in [0.4, 0.5) is 4.79 Å². The quantitative estimate of drug-likeness (QED) is 0.615. The van der Waals surface area contributed by atoms with E-state index in [2.05, 4.69) is 57.2 Å². The van der Waals surface area contributed by atoms with Gasteiger partial charge in [-0.05, 0) is 60.8 Å². The Balaban J connectivity index is 1.31. The highest BCUT2D eigenvalue weighted by Crippen LogP contribution is 2.45. The number of nitrogens with zero attached hydrogens (tertiary/aromatic N) is 2. The number of carbonyl (C=O) groups is 2. The van der Waals surface area contributed by atoms with E-state index in [1.807, 2.05) is 17.0 Å². The fourth-order valence-corrected chi connectivity index (χ4v) is 6.31. The van der Waals surface area contributed by atoms with Crippen LogP contribution in [0.25, 0.3) is 11.1 Å². The van der Waals surface area contributed by atoms with Crippen LogP contribution < -0.4 is 0 Å². The molecule has 0 saturated carbocycles. The Morgan fingerprint density at radius 3 is 2.27 bits per heavy atom. The second-order valence-electron chi connectivity index (χ2n) is 10.3. The van der Waals surface area contributed by atoms with E-state index in [0.717, 1.165) is 25.8 Å². The first-order chi connectivity index (χ1) is 15.9. The first kappa shape index (κ1) is 22.0. The monoisotopic (exact) mass is 446 g/mol. The van der Waals surface area contributed by atoms with Gasteiger partial charge in [0.25, 0.3) is 0 Å². The molecule has 2 aliphatic heterocycles. The standard InChI is InChI=1S/C28H34N2O3/c1-19(2)17-20(3)29-16-14-28(26(29)31)13-8-15-30(28)27(32)33-18-25-23-11-6-4-9-21(23)22-10-5-7-12-24(22)25/h4-7,9-12,19-20,25H,8,13-18H2,1-3H3/t20-,28-/m0/s1. The van der Waals surface area contributed by atoms with Gasteiger partial charge in [-0.2, -0.15) is 0 Å². The van der Waals surface area contributed by atoms with Gasteiger partial charge in [0.15, 0.2) is 0 Å². The Morgan fingerprint density at radius 2 is 1.64 bits per heavy atom. The summed E-state index contributed by atoms with van der Waals surface area (Å²) >= 11 is 0. The average Bonchev–Trinajstić information content (AvgIpc) is 3.47. The van der Waals surface area contributed by atoms with Gasteiger partial charge in [0, 0.05) is 25.0 Å². The minimum absolute atomic E-state index is 0.0294. The third-order valence-corrected chi connectivity index (χ3v) is 7.82. The molecule has 2 aromatic carbocycles. The fraction of sp³-hybridized carbons (Fsp3) is 0.500. The molecule has 0 N–H and O–H groups in total. The zero-order valence-electron chi connectivity index (χ0n) is 19.9. The van der Waals surface area contributed by atoms with Crippen LogP contribution in [0.3, 0.4) is 0 Å². The van der Waals surface area contributed by atoms with Crippen molar-refractivity contribution in [1.29, 1.82) is 0 Å². The summed E-state index contributed by atoms with van der Waals surface area (Å²) in [7, 11) is 0. The van der Waals surface area contributed by atoms with Crippen LogP contribution in [-0.4, -0.2) is 53.1 Å². The third-order valence-electron chi connectivity index (χ3n) is 7.82. The zero-order chi connectivity index (χ0) is 23.2. The highest BCUT2D eigenvalue weighted by molar-refractivity contribution is 5.92. The van der Waals surface area contributed by atoms with E-state index in [9.17, 15) is 9.59 Å². The number of hydrogen-bond donors (Lipinski definition) is 0. The van der Waals surface area contributed by atoms with Crippen molar-refractivity contribution >= 4 is 12.0 Å². The molecule has 0 bridgehead atoms. The average molecular weight is 447 g/mol. The normalized spacial score (nSPS) is 22.8. The predicted octanol–water partition coefficient (Wildman–Crippen LogP) is 5.44. The van der Waals surface area contributed by atoms with Gasteiger partial charge in [-0.1, -0.05) is 62.4 Å². The van der Waals surface area contributed by atoms with Crippen LogP contribution in [0, 0.1) is 5.92 Å². The number of fused-ring (bicyclic) bond motifs is 3. The number of hydrogen-bond acceptors (Lipinski definition) is 3. The van der Waals surface area contributed by atoms with Crippen molar-refractivity contribution in [1.82, 2.24) is 9.80 Å². The van der Waals surface area contributed by atoms with Gasteiger partial charge in [0.1, 0.15) is 12.1 Å². The molecule has 2 atom stereocenters. The molecule has 2 fully saturated rings. The van der Waals surface area contributed by atoms with E-state index in [-0.39, 0.29) is 24.0 Å². The summed E-state index contributed by atoms with van der Waals surface area (Å²) in [5.74, 6) is 0.676. The lowest BCUT2D eigenvalue weighted by Gasteiger charge is -2.34. The Bertz CT molecular complexity index is 1020. The van der Waals surface area contributed by atoms with E-state index in [0.29, 0.717) is 25.5 Å². The molecule has 174 valence electrons. The van der Waals surface area contributed by atoms with Crippen molar-refractivity contribution in [3.8, 4) is 11.1 Å². The molecule has 2 amide bonds.